The van der Waals surface area contributed by atoms with Gasteiger partial charge in [-0.2, -0.15) is 0 Å². The molecule has 0 saturated carbocycles. The highest BCUT2D eigenvalue weighted by atomic mass is 32.2. The Morgan fingerprint density at radius 1 is 1.28 bits per heavy atom. The molecule has 1 aliphatic heterocycles. The second-order valence-corrected chi connectivity index (χ2v) is 6.73. The molecular formula is C12H19N3O2S. The summed E-state index contributed by atoms with van der Waals surface area (Å²) in [5.74, 6) is 0.422. The van der Waals surface area contributed by atoms with Gasteiger partial charge in [-0.3, -0.25) is 4.72 Å². The number of anilines is 1. The van der Waals surface area contributed by atoms with Crippen molar-refractivity contribution >= 4 is 15.8 Å². The summed E-state index contributed by atoms with van der Waals surface area (Å²) in [6, 6.07) is 3.67. The Bertz CT molecular complexity index is 502. The molecule has 0 spiro atoms. The first-order valence-electron chi connectivity index (χ1n) is 6.15. The van der Waals surface area contributed by atoms with Crippen molar-refractivity contribution in [2.45, 2.75) is 31.9 Å². The van der Waals surface area contributed by atoms with Crippen molar-refractivity contribution in [3.63, 3.8) is 0 Å². The van der Waals surface area contributed by atoms with Crippen molar-refractivity contribution in [3.05, 3.63) is 23.4 Å². The van der Waals surface area contributed by atoms with Gasteiger partial charge < -0.3 is 5.32 Å². The van der Waals surface area contributed by atoms with E-state index in [0.717, 1.165) is 24.3 Å². The molecular weight excluding hydrogens is 250 g/mol. The topological polar surface area (TPSA) is 71.1 Å². The fraction of sp³-hybridized carbons (Fsp3) is 0.583. The second-order valence-electron chi connectivity index (χ2n) is 4.77. The van der Waals surface area contributed by atoms with Gasteiger partial charge in [0.25, 0.3) is 0 Å². The summed E-state index contributed by atoms with van der Waals surface area (Å²) in [5, 5.41) is 2.84. The van der Waals surface area contributed by atoms with E-state index in [-0.39, 0.29) is 5.25 Å². The summed E-state index contributed by atoms with van der Waals surface area (Å²) in [6.45, 7) is 5.30. The van der Waals surface area contributed by atoms with Crippen LogP contribution in [0.3, 0.4) is 0 Å². The molecule has 0 bridgehead atoms. The van der Waals surface area contributed by atoms with Crippen molar-refractivity contribution < 1.29 is 8.42 Å². The molecule has 0 atom stereocenters. The lowest BCUT2D eigenvalue weighted by Gasteiger charge is -2.23. The van der Waals surface area contributed by atoms with Crippen molar-refractivity contribution in [1.29, 1.82) is 0 Å². The molecule has 1 aromatic heterocycles. The molecule has 1 aliphatic rings. The molecule has 1 aromatic rings. The van der Waals surface area contributed by atoms with Crippen LogP contribution in [0, 0.1) is 13.8 Å². The van der Waals surface area contributed by atoms with Gasteiger partial charge in [-0.25, -0.2) is 13.4 Å². The quantitative estimate of drug-likeness (QED) is 0.864. The summed E-state index contributed by atoms with van der Waals surface area (Å²) in [4.78, 5) is 4.21. The van der Waals surface area contributed by atoms with Crippen LogP contribution in [0.25, 0.3) is 0 Å². The van der Waals surface area contributed by atoms with Gasteiger partial charge in [0.05, 0.1) is 5.25 Å². The van der Waals surface area contributed by atoms with E-state index in [9.17, 15) is 8.42 Å². The van der Waals surface area contributed by atoms with Crippen molar-refractivity contribution in [2.24, 2.45) is 0 Å². The number of aromatic nitrogens is 1. The van der Waals surface area contributed by atoms with Crippen LogP contribution in [0.5, 0.6) is 0 Å². The molecule has 2 rings (SSSR count). The first-order valence-corrected chi connectivity index (χ1v) is 7.69. The van der Waals surface area contributed by atoms with Gasteiger partial charge in [0.15, 0.2) is 0 Å². The van der Waals surface area contributed by atoms with E-state index in [0.29, 0.717) is 18.7 Å². The first kappa shape index (κ1) is 13.3. The Kier molecular flexibility index (Phi) is 3.87. The predicted molar refractivity (Wildman–Crippen MR) is 72.1 cm³/mol. The molecule has 5 nitrogen and oxygen atoms in total. The zero-order valence-corrected chi connectivity index (χ0v) is 11.5. The Morgan fingerprint density at radius 2 is 1.94 bits per heavy atom. The third-order valence-electron chi connectivity index (χ3n) is 3.07. The summed E-state index contributed by atoms with van der Waals surface area (Å²) in [6.07, 6.45) is 1.31. The zero-order valence-electron chi connectivity index (χ0n) is 10.7. The Morgan fingerprint density at radius 3 is 2.56 bits per heavy atom. The third kappa shape index (κ3) is 3.20. The van der Waals surface area contributed by atoms with Crippen LogP contribution < -0.4 is 10.0 Å². The monoisotopic (exact) mass is 269 g/mol. The molecule has 6 heteroatoms. The standard InChI is InChI=1S/C12H19N3O2S/c1-9-7-10(2)14-12(8-9)15-18(16,17)11-3-5-13-6-4-11/h7-8,11,13H,3-6H2,1-2H3,(H,14,15). The highest BCUT2D eigenvalue weighted by Gasteiger charge is 2.27. The van der Waals surface area contributed by atoms with Gasteiger partial charge in [0.2, 0.25) is 10.0 Å². The SMILES string of the molecule is Cc1cc(C)nc(NS(=O)(=O)C2CCNCC2)c1. The van der Waals surface area contributed by atoms with E-state index in [4.69, 9.17) is 0 Å². The molecule has 1 saturated heterocycles. The average Bonchev–Trinajstić information content (AvgIpc) is 2.28. The van der Waals surface area contributed by atoms with Crippen molar-refractivity contribution in [2.75, 3.05) is 17.8 Å². The van der Waals surface area contributed by atoms with Crippen molar-refractivity contribution in [3.8, 4) is 0 Å². The van der Waals surface area contributed by atoms with E-state index < -0.39 is 10.0 Å². The molecule has 100 valence electrons. The number of nitrogens with one attached hydrogen (secondary N) is 2. The minimum Gasteiger partial charge on any atom is -0.317 e. The van der Waals surface area contributed by atoms with Crippen LogP contribution in [-0.4, -0.2) is 31.7 Å². The molecule has 0 radical (unpaired) electrons. The fourth-order valence-electron chi connectivity index (χ4n) is 2.23. The summed E-state index contributed by atoms with van der Waals surface area (Å²) < 4.78 is 27.0. The van der Waals surface area contributed by atoms with Gasteiger partial charge in [-0.1, -0.05) is 0 Å². The number of nitrogens with zero attached hydrogens (tertiary/aromatic N) is 1. The molecule has 0 unspecified atom stereocenters. The van der Waals surface area contributed by atoms with E-state index in [2.05, 4.69) is 15.0 Å². The number of pyridine rings is 1. The fourth-order valence-corrected chi connectivity index (χ4v) is 3.65. The van der Waals surface area contributed by atoms with Crippen LogP contribution in [0.2, 0.25) is 0 Å². The van der Waals surface area contributed by atoms with Gasteiger partial charge in [0, 0.05) is 5.69 Å². The Balaban J connectivity index is 2.16. The number of hydrogen-bond donors (Lipinski definition) is 2. The first-order chi connectivity index (χ1) is 8.47. The maximum atomic E-state index is 12.2. The smallest absolute Gasteiger partial charge is 0.236 e. The van der Waals surface area contributed by atoms with Crippen LogP contribution in [0.1, 0.15) is 24.1 Å². The summed E-state index contributed by atoms with van der Waals surface area (Å²) in [7, 11) is -3.32. The van der Waals surface area contributed by atoms with Crippen LogP contribution in [0.4, 0.5) is 5.82 Å². The minimum atomic E-state index is -3.32. The van der Waals surface area contributed by atoms with Gasteiger partial charge in [-0.05, 0) is 57.5 Å². The lowest BCUT2D eigenvalue weighted by molar-refractivity contribution is 0.499. The van der Waals surface area contributed by atoms with E-state index >= 15 is 0 Å². The highest BCUT2D eigenvalue weighted by Crippen LogP contribution is 2.17. The van der Waals surface area contributed by atoms with Crippen LogP contribution >= 0.6 is 0 Å². The number of sulfonamides is 1. The maximum absolute atomic E-state index is 12.2. The van der Waals surface area contributed by atoms with Gasteiger partial charge in [-0.15, -0.1) is 0 Å². The lowest BCUT2D eigenvalue weighted by atomic mass is 10.2. The minimum absolute atomic E-state index is 0.318. The number of hydrogen-bond acceptors (Lipinski definition) is 4. The van der Waals surface area contributed by atoms with Gasteiger partial charge in [0.1, 0.15) is 5.82 Å². The van der Waals surface area contributed by atoms with Crippen molar-refractivity contribution in [1.82, 2.24) is 10.3 Å². The van der Waals surface area contributed by atoms with E-state index in [1.165, 1.54) is 0 Å². The molecule has 1 fully saturated rings. The molecule has 2 N–H and O–H groups in total. The normalized spacial score (nSPS) is 17.7. The maximum Gasteiger partial charge on any atom is 0.236 e. The molecule has 2 heterocycles. The third-order valence-corrected chi connectivity index (χ3v) is 4.91. The Hall–Kier alpha value is -1.14. The molecule has 18 heavy (non-hydrogen) atoms. The summed E-state index contributed by atoms with van der Waals surface area (Å²) >= 11 is 0. The molecule has 0 aromatic carbocycles. The van der Waals surface area contributed by atoms with E-state index in [1.54, 1.807) is 6.07 Å². The zero-order chi connectivity index (χ0) is 13.2. The van der Waals surface area contributed by atoms with Crippen LogP contribution in [-0.2, 0) is 10.0 Å². The van der Waals surface area contributed by atoms with Crippen LogP contribution in [0.15, 0.2) is 12.1 Å². The predicted octanol–water partition coefficient (Wildman–Crippen LogP) is 1.19. The number of piperidine rings is 1. The average molecular weight is 269 g/mol. The second kappa shape index (κ2) is 5.24. The van der Waals surface area contributed by atoms with E-state index in [1.807, 2.05) is 19.9 Å². The number of aryl methyl sites for hydroxylation is 2. The number of rotatable bonds is 3. The lowest BCUT2D eigenvalue weighted by Crippen LogP contribution is -2.38. The largest absolute Gasteiger partial charge is 0.317 e. The Labute approximate surface area is 108 Å². The summed E-state index contributed by atoms with van der Waals surface area (Å²) in [5.41, 5.74) is 1.82. The molecule has 0 amide bonds. The van der Waals surface area contributed by atoms with Gasteiger partial charge >= 0.3 is 0 Å². The highest BCUT2D eigenvalue weighted by molar-refractivity contribution is 7.93. The molecule has 0 aliphatic carbocycles.